The van der Waals surface area contributed by atoms with Crippen molar-refractivity contribution < 1.29 is 9.53 Å². The van der Waals surface area contributed by atoms with E-state index in [1.165, 1.54) is 29.9 Å². The Morgan fingerprint density at radius 3 is 2.65 bits per heavy atom. The van der Waals surface area contributed by atoms with Gasteiger partial charge in [0.25, 0.3) is 0 Å². The van der Waals surface area contributed by atoms with Crippen molar-refractivity contribution >= 4 is 16.7 Å². The van der Waals surface area contributed by atoms with Gasteiger partial charge in [-0.05, 0) is 35.1 Å². The smallest absolute Gasteiger partial charge is 0.309 e. The van der Waals surface area contributed by atoms with Crippen LogP contribution in [0.25, 0.3) is 10.8 Å². The molecule has 0 spiro atoms. The van der Waals surface area contributed by atoms with Crippen molar-refractivity contribution in [3.63, 3.8) is 0 Å². The van der Waals surface area contributed by atoms with E-state index in [1.54, 1.807) is 0 Å². The molecular weight excluding hydrogens is 248 g/mol. The van der Waals surface area contributed by atoms with E-state index < -0.39 is 0 Å². The van der Waals surface area contributed by atoms with Crippen molar-refractivity contribution in [3.05, 3.63) is 48.0 Å². The lowest BCUT2D eigenvalue weighted by Gasteiger charge is -2.30. The first kappa shape index (κ1) is 13.2. The summed E-state index contributed by atoms with van der Waals surface area (Å²) in [5, 5.41) is 2.52. The van der Waals surface area contributed by atoms with Crippen molar-refractivity contribution in [2.75, 3.05) is 7.11 Å². The van der Waals surface area contributed by atoms with Crippen molar-refractivity contribution in [1.29, 1.82) is 0 Å². The summed E-state index contributed by atoms with van der Waals surface area (Å²) in [6.07, 6.45) is 4.34. The van der Waals surface area contributed by atoms with Crippen LogP contribution in [0.5, 0.6) is 0 Å². The first-order valence-electron chi connectivity index (χ1n) is 7.37. The fraction of sp³-hybridized carbons (Fsp3) is 0.389. The minimum absolute atomic E-state index is 0.0135. The van der Waals surface area contributed by atoms with Gasteiger partial charge < -0.3 is 4.74 Å². The average Bonchev–Trinajstić information content (AvgIpc) is 2.53. The zero-order chi connectivity index (χ0) is 13.9. The molecule has 2 heteroatoms. The van der Waals surface area contributed by atoms with E-state index in [-0.39, 0.29) is 11.9 Å². The van der Waals surface area contributed by atoms with Crippen LogP contribution in [-0.2, 0) is 9.53 Å². The minimum Gasteiger partial charge on any atom is -0.469 e. The van der Waals surface area contributed by atoms with Crippen molar-refractivity contribution in [3.8, 4) is 0 Å². The maximum absolute atomic E-state index is 12.1. The molecule has 1 aliphatic rings. The molecule has 0 aromatic heterocycles. The Labute approximate surface area is 119 Å². The second kappa shape index (κ2) is 5.66. The van der Waals surface area contributed by atoms with Gasteiger partial charge in [-0.1, -0.05) is 55.3 Å². The van der Waals surface area contributed by atoms with E-state index in [9.17, 15) is 4.79 Å². The fourth-order valence-corrected chi connectivity index (χ4v) is 3.51. The highest BCUT2D eigenvalue weighted by atomic mass is 16.5. The molecule has 1 aliphatic carbocycles. The zero-order valence-electron chi connectivity index (χ0n) is 11.8. The maximum atomic E-state index is 12.1. The predicted molar refractivity (Wildman–Crippen MR) is 80.7 cm³/mol. The molecular formula is C18H20O2. The molecule has 3 rings (SSSR count). The van der Waals surface area contributed by atoms with E-state index in [4.69, 9.17) is 4.74 Å². The first-order valence-corrected chi connectivity index (χ1v) is 7.37. The molecule has 0 bridgehead atoms. The number of carbonyl (C=O) groups excluding carboxylic acids is 1. The summed E-state index contributed by atoms with van der Waals surface area (Å²) < 4.78 is 5.01. The number of rotatable bonds is 2. The highest BCUT2D eigenvalue weighted by molar-refractivity contribution is 5.87. The number of carbonyl (C=O) groups is 1. The van der Waals surface area contributed by atoms with Crippen molar-refractivity contribution in [2.24, 2.45) is 5.92 Å². The van der Waals surface area contributed by atoms with Crippen molar-refractivity contribution in [2.45, 2.75) is 31.6 Å². The second-order valence-electron chi connectivity index (χ2n) is 5.59. The monoisotopic (exact) mass is 268 g/mol. The van der Waals surface area contributed by atoms with Gasteiger partial charge in [0.05, 0.1) is 13.0 Å². The van der Waals surface area contributed by atoms with Crippen LogP contribution in [0.4, 0.5) is 0 Å². The molecule has 1 saturated carbocycles. The second-order valence-corrected chi connectivity index (χ2v) is 5.59. The molecule has 0 saturated heterocycles. The Hall–Kier alpha value is -1.83. The van der Waals surface area contributed by atoms with Crippen LogP contribution in [0.3, 0.4) is 0 Å². The first-order chi connectivity index (χ1) is 9.81. The fourth-order valence-electron chi connectivity index (χ4n) is 3.51. The van der Waals surface area contributed by atoms with Gasteiger partial charge in [0.2, 0.25) is 0 Å². The van der Waals surface area contributed by atoms with Gasteiger partial charge in [0.1, 0.15) is 0 Å². The standard InChI is InChI=1S/C18H20O2/c1-20-18(19)17-11-5-4-10-16(17)15-12-6-8-13-7-2-3-9-14(13)15/h2-3,6-9,12,16-17H,4-5,10-11H2,1H3. The Morgan fingerprint density at radius 2 is 1.80 bits per heavy atom. The number of benzene rings is 2. The third-order valence-electron chi connectivity index (χ3n) is 4.49. The van der Waals surface area contributed by atoms with Crippen LogP contribution >= 0.6 is 0 Å². The van der Waals surface area contributed by atoms with Crippen LogP contribution in [0, 0.1) is 5.92 Å². The molecule has 2 aromatic rings. The van der Waals surface area contributed by atoms with Crippen LogP contribution in [0.15, 0.2) is 42.5 Å². The van der Waals surface area contributed by atoms with Crippen LogP contribution in [0.2, 0.25) is 0 Å². The molecule has 20 heavy (non-hydrogen) atoms. The Morgan fingerprint density at radius 1 is 1.05 bits per heavy atom. The Balaban J connectivity index is 2.06. The lowest BCUT2D eigenvalue weighted by atomic mass is 9.74. The number of esters is 1. The van der Waals surface area contributed by atoms with E-state index in [0.29, 0.717) is 5.92 Å². The number of hydrogen-bond donors (Lipinski definition) is 0. The lowest BCUT2D eigenvalue weighted by Crippen LogP contribution is -2.26. The van der Waals surface area contributed by atoms with Crippen molar-refractivity contribution in [1.82, 2.24) is 0 Å². The Bertz CT molecular complexity index is 612. The number of methoxy groups -OCH3 is 1. The number of hydrogen-bond acceptors (Lipinski definition) is 2. The molecule has 2 aromatic carbocycles. The summed E-state index contributed by atoms with van der Waals surface area (Å²) in [7, 11) is 1.50. The summed E-state index contributed by atoms with van der Waals surface area (Å²) in [5.74, 6) is 0.254. The van der Waals surface area contributed by atoms with Gasteiger partial charge in [0, 0.05) is 0 Å². The van der Waals surface area contributed by atoms with E-state index in [0.717, 1.165) is 19.3 Å². The predicted octanol–water partition coefficient (Wildman–Crippen LogP) is 4.29. The van der Waals surface area contributed by atoms with E-state index >= 15 is 0 Å². The average molecular weight is 268 g/mol. The molecule has 0 N–H and O–H groups in total. The summed E-state index contributed by atoms with van der Waals surface area (Å²) in [6, 6.07) is 14.8. The molecule has 0 amide bonds. The van der Waals surface area contributed by atoms with Crippen LogP contribution < -0.4 is 0 Å². The molecule has 0 radical (unpaired) electrons. The van der Waals surface area contributed by atoms with E-state index in [2.05, 4.69) is 42.5 Å². The van der Waals surface area contributed by atoms with Gasteiger partial charge in [-0.15, -0.1) is 0 Å². The highest BCUT2D eigenvalue weighted by Gasteiger charge is 2.33. The molecule has 104 valence electrons. The van der Waals surface area contributed by atoms with Crippen LogP contribution in [-0.4, -0.2) is 13.1 Å². The molecule has 2 atom stereocenters. The van der Waals surface area contributed by atoms with Gasteiger partial charge >= 0.3 is 5.97 Å². The third kappa shape index (κ3) is 2.31. The zero-order valence-corrected chi connectivity index (χ0v) is 11.8. The highest BCUT2D eigenvalue weighted by Crippen LogP contribution is 2.40. The normalized spacial score (nSPS) is 22.6. The number of fused-ring (bicyclic) bond motifs is 1. The molecule has 0 heterocycles. The van der Waals surface area contributed by atoms with Gasteiger partial charge in [-0.3, -0.25) is 4.79 Å². The third-order valence-corrected chi connectivity index (χ3v) is 4.49. The number of ether oxygens (including phenoxy) is 1. The summed E-state index contributed by atoms with van der Waals surface area (Å²) in [6.45, 7) is 0. The lowest BCUT2D eigenvalue weighted by molar-refractivity contribution is -0.147. The van der Waals surface area contributed by atoms with Gasteiger partial charge in [0.15, 0.2) is 0 Å². The van der Waals surface area contributed by atoms with Gasteiger partial charge in [-0.2, -0.15) is 0 Å². The topological polar surface area (TPSA) is 26.3 Å². The Kier molecular flexibility index (Phi) is 3.72. The van der Waals surface area contributed by atoms with Gasteiger partial charge in [-0.25, -0.2) is 0 Å². The quantitative estimate of drug-likeness (QED) is 0.760. The maximum Gasteiger partial charge on any atom is 0.309 e. The molecule has 2 unspecified atom stereocenters. The summed E-state index contributed by atoms with van der Waals surface area (Å²) in [4.78, 5) is 12.1. The summed E-state index contributed by atoms with van der Waals surface area (Å²) >= 11 is 0. The SMILES string of the molecule is COC(=O)C1CCCCC1c1cccc2ccccc12. The van der Waals surface area contributed by atoms with Crippen LogP contribution in [0.1, 0.15) is 37.2 Å². The largest absolute Gasteiger partial charge is 0.469 e. The molecule has 1 fully saturated rings. The molecule has 0 aliphatic heterocycles. The minimum atomic E-state index is -0.0531. The summed E-state index contributed by atoms with van der Waals surface area (Å²) in [5.41, 5.74) is 1.30. The molecule has 2 nitrogen and oxygen atoms in total. The van der Waals surface area contributed by atoms with E-state index in [1.807, 2.05) is 0 Å².